The summed E-state index contributed by atoms with van der Waals surface area (Å²) in [6, 6.07) is 26.2. The molecule has 5 aliphatic rings. The second-order valence-electron chi connectivity index (χ2n) is 24.4. The molecule has 460 valence electrons. The van der Waals surface area contributed by atoms with E-state index in [-0.39, 0.29) is 52.8 Å². The summed E-state index contributed by atoms with van der Waals surface area (Å²) in [5.41, 5.74) is 14.7. The molecule has 4 fully saturated rings. The van der Waals surface area contributed by atoms with E-state index < -0.39 is 24.1 Å². The van der Waals surface area contributed by atoms with Crippen molar-refractivity contribution < 1.29 is 64.5 Å². The SMILES string of the molecule is C=CC(=O)OC(COC)COc1ccc(-c2ccc(OCC(COC3CCC(C(C)(C)C4CCC(OCC5CO5)CC4)CC3)OC(=O)C=C)cc2)cc1.Cc1c(C)c(C)c2c(c1C)Oc1c(C)c(C)c(OCC3CO3)c(C)c1C2c1ccccc1.[HH].[HH]. The summed E-state index contributed by atoms with van der Waals surface area (Å²) in [6.45, 7) is 31.1. The van der Waals surface area contributed by atoms with Crippen LogP contribution in [0.25, 0.3) is 11.1 Å². The number of carbonyl (C=O) groups excluding carboxylic acids is 2. The van der Waals surface area contributed by atoms with E-state index in [1.54, 1.807) is 0 Å². The normalized spacial score (nSPS) is 21.9. The van der Waals surface area contributed by atoms with Crippen molar-refractivity contribution in [1.82, 2.24) is 0 Å². The smallest absolute Gasteiger partial charge is 0.330 e. The largest absolute Gasteiger partial charge is 0.490 e. The first-order valence-electron chi connectivity index (χ1n) is 30.6. The minimum Gasteiger partial charge on any atom is -0.490 e. The lowest BCUT2D eigenvalue weighted by molar-refractivity contribution is -0.150. The van der Waals surface area contributed by atoms with Gasteiger partial charge in [0.15, 0.2) is 12.2 Å². The molecule has 13 nitrogen and oxygen atoms in total. The summed E-state index contributed by atoms with van der Waals surface area (Å²) in [4.78, 5) is 23.7. The maximum Gasteiger partial charge on any atom is 0.330 e. The highest BCUT2D eigenvalue weighted by Crippen LogP contribution is 2.56. The fourth-order valence-electron chi connectivity index (χ4n) is 12.8. The molecular formula is C72H94O13. The van der Waals surface area contributed by atoms with Gasteiger partial charge in [-0.25, -0.2) is 9.59 Å². The summed E-state index contributed by atoms with van der Waals surface area (Å²) >= 11 is 0. The third-order valence-corrected chi connectivity index (χ3v) is 18.7. The Morgan fingerprint density at radius 2 is 1.01 bits per heavy atom. The second-order valence-corrected chi connectivity index (χ2v) is 24.4. The van der Waals surface area contributed by atoms with E-state index in [9.17, 15) is 9.59 Å². The van der Waals surface area contributed by atoms with E-state index >= 15 is 0 Å². The van der Waals surface area contributed by atoms with Gasteiger partial charge in [-0.05, 0) is 197 Å². The van der Waals surface area contributed by atoms with Crippen molar-refractivity contribution in [3.05, 3.63) is 160 Å². The number of hydrogen-bond acceptors (Lipinski definition) is 13. The molecule has 2 aliphatic carbocycles. The van der Waals surface area contributed by atoms with Crippen LogP contribution in [0.4, 0.5) is 0 Å². The van der Waals surface area contributed by atoms with Crippen molar-refractivity contribution in [2.75, 3.05) is 60.0 Å². The van der Waals surface area contributed by atoms with E-state index in [4.69, 9.17) is 52.1 Å². The monoisotopic (exact) mass is 1170 g/mol. The number of benzene rings is 5. The zero-order valence-corrected chi connectivity index (χ0v) is 51.9. The Morgan fingerprint density at radius 3 is 1.51 bits per heavy atom. The summed E-state index contributed by atoms with van der Waals surface area (Å²) in [5.74, 6) is 4.76. The van der Waals surface area contributed by atoms with Crippen molar-refractivity contribution in [1.29, 1.82) is 0 Å². The van der Waals surface area contributed by atoms with Gasteiger partial charge in [0, 0.05) is 39.2 Å². The molecule has 2 saturated carbocycles. The van der Waals surface area contributed by atoms with E-state index in [0.29, 0.717) is 36.2 Å². The van der Waals surface area contributed by atoms with Gasteiger partial charge >= 0.3 is 11.9 Å². The quantitative estimate of drug-likeness (QED) is 0.0305. The highest BCUT2D eigenvalue weighted by molar-refractivity contribution is 5.81. The Labute approximate surface area is 507 Å². The molecule has 5 unspecified atom stereocenters. The average Bonchev–Trinajstić information content (AvgIpc) is 1.79. The molecule has 0 radical (unpaired) electrons. The minimum atomic E-state index is -0.561. The molecule has 2 saturated heterocycles. The first kappa shape index (κ1) is 63.0. The van der Waals surface area contributed by atoms with E-state index in [2.05, 4.69) is 106 Å². The lowest BCUT2D eigenvalue weighted by atomic mass is 9.60. The molecule has 3 heterocycles. The van der Waals surface area contributed by atoms with Crippen molar-refractivity contribution in [3.8, 4) is 39.9 Å². The fourth-order valence-corrected chi connectivity index (χ4v) is 12.8. The van der Waals surface area contributed by atoms with Crippen LogP contribution >= 0.6 is 0 Å². The van der Waals surface area contributed by atoms with Crippen LogP contribution in [0.3, 0.4) is 0 Å². The molecule has 10 rings (SSSR count). The van der Waals surface area contributed by atoms with Gasteiger partial charge in [-0.1, -0.05) is 81.6 Å². The Bertz CT molecular complexity index is 3080. The van der Waals surface area contributed by atoms with Crippen molar-refractivity contribution in [3.63, 3.8) is 0 Å². The third-order valence-electron chi connectivity index (χ3n) is 18.7. The fraction of sp³-hybridized carbons (Fsp3) is 0.500. The first-order valence-corrected chi connectivity index (χ1v) is 30.6. The van der Waals surface area contributed by atoms with Crippen molar-refractivity contribution >= 4 is 11.9 Å². The lowest BCUT2D eigenvalue weighted by Crippen LogP contribution is -2.39. The molecule has 5 aromatic rings. The van der Waals surface area contributed by atoms with Gasteiger partial charge < -0.3 is 52.1 Å². The lowest BCUT2D eigenvalue weighted by Gasteiger charge is -2.46. The standard InChI is InChI=1S/C43H58O10.C29H32O3.2H2/c1-6-41(44)52-39(24-46-5)27-48-34-16-8-30(9-17-34)31-10-18-35(19-11-31)49-28-40(53-42(45)7-2)29-50-37-22-14-33(15-23-37)43(3,4)32-12-20-36(21-13-32)47-25-38-26-51-38;1-15-16(2)18(4)28-24(17(15)3)26(22-11-9-8-10-12-22)25-21(7)27(31-14-23-13-30-23)19(5)20(6)29(25)32-28;;/h6-11,16-19,32-33,36-40H,1-2,12-15,20-29H2,3-5H3;8-12,23,26H,13-14H2,1-7H3;2*1H. The van der Waals surface area contributed by atoms with Crippen LogP contribution in [0, 0.1) is 65.7 Å². The molecule has 3 aliphatic heterocycles. The first-order chi connectivity index (χ1) is 41.0. The summed E-state index contributed by atoms with van der Waals surface area (Å²) in [5, 5.41) is 0. The predicted molar refractivity (Wildman–Crippen MR) is 335 cm³/mol. The summed E-state index contributed by atoms with van der Waals surface area (Å²) < 4.78 is 64.1. The Kier molecular flexibility index (Phi) is 21.4. The van der Waals surface area contributed by atoms with Gasteiger partial charge in [-0.2, -0.15) is 0 Å². The van der Waals surface area contributed by atoms with Crippen molar-refractivity contribution in [2.24, 2.45) is 17.3 Å². The van der Waals surface area contributed by atoms with Gasteiger partial charge in [0.2, 0.25) is 0 Å². The molecule has 0 N–H and O–H groups in total. The van der Waals surface area contributed by atoms with E-state index in [1.165, 1.54) is 70.5 Å². The highest BCUT2D eigenvalue weighted by Gasteiger charge is 2.42. The molecule has 0 bridgehead atoms. The predicted octanol–water partition coefficient (Wildman–Crippen LogP) is 14.9. The number of epoxide rings is 2. The molecule has 0 aromatic heterocycles. The average molecular weight is 1170 g/mol. The molecule has 13 heteroatoms. The molecule has 85 heavy (non-hydrogen) atoms. The summed E-state index contributed by atoms with van der Waals surface area (Å²) in [7, 11) is 1.54. The maximum absolute atomic E-state index is 12.2. The van der Waals surface area contributed by atoms with Gasteiger partial charge in [-0.3, -0.25) is 0 Å². The Balaban J connectivity index is 0.000000271. The van der Waals surface area contributed by atoms with Gasteiger partial charge in [0.05, 0.1) is 45.2 Å². The Morgan fingerprint density at radius 1 is 0.553 bits per heavy atom. The van der Waals surface area contributed by atoms with E-state index in [0.717, 1.165) is 110 Å². The minimum absolute atomic E-state index is 0. The van der Waals surface area contributed by atoms with Crippen LogP contribution in [0.2, 0.25) is 0 Å². The zero-order valence-electron chi connectivity index (χ0n) is 51.9. The third kappa shape index (κ3) is 15.8. The van der Waals surface area contributed by atoms with Crippen LogP contribution in [0.5, 0.6) is 28.7 Å². The molecule has 5 aromatic carbocycles. The number of hydrogen-bond donors (Lipinski definition) is 0. The number of carbonyl (C=O) groups is 2. The number of rotatable bonds is 25. The second kappa shape index (κ2) is 28.8. The number of esters is 2. The molecular weight excluding hydrogens is 1070 g/mol. The number of fused-ring (bicyclic) bond motifs is 2. The van der Waals surface area contributed by atoms with Crippen LogP contribution in [-0.4, -0.2) is 109 Å². The highest BCUT2D eigenvalue weighted by atomic mass is 16.6. The molecule has 0 amide bonds. The van der Waals surface area contributed by atoms with E-state index in [1.807, 2.05) is 48.5 Å². The molecule has 5 atom stereocenters. The van der Waals surface area contributed by atoms with Crippen LogP contribution < -0.4 is 18.9 Å². The van der Waals surface area contributed by atoms with Gasteiger partial charge in [-0.15, -0.1) is 0 Å². The Hall–Kier alpha value is -6.48. The summed E-state index contributed by atoms with van der Waals surface area (Å²) in [6.07, 6.45) is 11.3. The van der Waals surface area contributed by atoms with Crippen LogP contribution in [0.1, 0.15) is 130 Å². The van der Waals surface area contributed by atoms with Crippen molar-refractivity contribution in [2.45, 2.75) is 156 Å². The maximum atomic E-state index is 12.2. The number of methoxy groups -OCH3 is 1. The topological polar surface area (TPSA) is 142 Å². The molecule has 0 spiro atoms. The zero-order chi connectivity index (χ0) is 60.4. The van der Waals surface area contributed by atoms with Gasteiger partial charge in [0.25, 0.3) is 0 Å². The van der Waals surface area contributed by atoms with Crippen LogP contribution in [0.15, 0.2) is 104 Å². The number of ether oxygens (including phenoxy) is 11. The van der Waals surface area contributed by atoms with Gasteiger partial charge in [0.1, 0.15) is 60.8 Å². The van der Waals surface area contributed by atoms with Crippen LogP contribution in [-0.2, 0) is 42.7 Å².